The maximum atomic E-state index is 13.1. The molecule has 0 saturated carbocycles. The van der Waals surface area contributed by atoms with E-state index < -0.39 is 0 Å². The van der Waals surface area contributed by atoms with Gasteiger partial charge >= 0.3 is 0 Å². The first-order valence-corrected chi connectivity index (χ1v) is 5.57. The van der Waals surface area contributed by atoms with Crippen molar-refractivity contribution in [3.8, 4) is 0 Å². The van der Waals surface area contributed by atoms with Gasteiger partial charge in [-0.05, 0) is 50.0 Å². The van der Waals surface area contributed by atoms with Gasteiger partial charge in [-0.1, -0.05) is 25.5 Å². The first-order valence-electron chi connectivity index (χ1n) is 5.57. The first-order chi connectivity index (χ1) is 7.17. The van der Waals surface area contributed by atoms with Crippen molar-refractivity contribution in [1.82, 2.24) is 5.32 Å². The molecule has 0 saturated heterocycles. The van der Waals surface area contributed by atoms with Crippen molar-refractivity contribution in [3.63, 3.8) is 0 Å². The van der Waals surface area contributed by atoms with E-state index in [2.05, 4.69) is 12.2 Å². The van der Waals surface area contributed by atoms with Crippen LogP contribution in [0.4, 0.5) is 4.39 Å². The van der Waals surface area contributed by atoms with E-state index in [1.165, 1.54) is 5.56 Å². The highest BCUT2D eigenvalue weighted by atomic mass is 19.1. The van der Waals surface area contributed by atoms with E-state index in [0.717, 1.165) is 24.9 Å². The molecule has 0 aromatic heterocycles. The monoisotopic (exact) mass is 209 g/mol. The maximum Gasteiger partial charge on any atom is 0.126 e. The van der Waals surface area contributed by atoms with Crippen LogP contribution in [0.15, 0.2) is 18.2 Å². The summed E-state index contributed by atoms with van der Waals surface area (Å²) in [6, 6.07) is 5.41. The molecule has 1 nitrogen and oxygen atoms in total. The van der Waals surface area contributed by atoms with Gasteiger partial charge in [0.1, 0.15) is 5.82 Å². The number of hydrogen-bond donors (Lipinski definition) is 1. The quantitative estimate of drug-likeness (QED) is 0.786. The summed E-state index contributed by atoms with van der Waals surface area (Å²) in [5.41, 5.74) is 1.97. The second-order valence-corrected chi connectivity index (χ2v) is 4.12. The SMILES string of the molecule is CCC(CNC)Cc1ccc(F)c(C)c1. The lowest BCUT2D eigenvalue weighted by Crippen LogP contribution is -2.20. The topological polar surface area (TPSA) is 12.0 Å². The van der Waals surface area contributed by atoms with Crippen LogP contribution in [0.25, 0.3) is 0 Å². The highest BCUT2D eigenvalue weighted by Gasteiger charge is 2.07. The third-order valence-electron chi connectivity index (χ3n) is 2.82. The van der Waals surface area contributed by atoms with E-state index >= 15 is 0 Å². The second-order valence-electron chi connectivity index (χ2n) is 4.12. The van der Waals surface area contributed by atoms with Crippen LogP contribution in [0.1, 0.15) is 24.5 Å². The van der Waals surface area contributed by atoms with Gasteiger partial charge in [0, 0.05) is 0 Å². The van der Waals surface area contributed by atoms with Gasteiger partial charge < -0.3 is 5.32 Å². The minimum absolute atomic E-state index is 0.111. The van der Waals surface area contributed by atoms with Crippen LogP contribution in [0, 0.1) is 18.7 Å². The number of halogens is 1. The molecule has 0 bridgehead atoms. The molecule has 0 amide bonds. The largest absolute Gasteiger partial charge is 0.319 e. The van der Waals surface area contributed by atoms with Crippen molar-refractivity contribution in [1.29, 1.82) is 0 Å². The number of benzene rings is 1. The lowest BCUT2D eigenvalue weighted by atomic mass is 9.96. The summed E-state index contributed by atoms with van der Waals surface area (Å²) in [6.07, 6.45) is 2.18. The molecule has 1 rings (SSSR count). The Morgan fingerprint density at radius 3 is 2.67 bits per heavy atom. The molecule has 0 fully saturated rings. The Bertz CT molecular complexity index is 309. The molecular formula is C13H20FN. The van der Waals surface area contributed by atoms with Crippen LogP contribution >= 0.6 is 0 Å². The van der Waals surface area contributed by atoms with Gasteiger partial charge in [-0.15, -0.1) is 0 Å². The smallest absolute Gasteiger partial charge is 0.126 e. The molecule has 0 aliphatic rings. The molecule has 1 atom stereocenters. The molecule has 0 aliphatic carbocycles. The predicted octanol–water partition coefficient (Wildman–Crippen LogP) is 2.92. The van der Waals surface area contributed by atoms with Crippen molar-refractivity contribution in [2.75, 3.05) is 13.6 Å². The Morgan fingerprint density at radius 2 is 2.13 bits per heavy atom. The molecule has 2 heteroatoms. The van der Waals surface area contributed by atoms with E-state index in [9.17, 15) is 4.39 Å². The molecule has 1 N–H and O–H groups in total. The van der Waals surface area contributed by atoms with Crippen LogP contribution in [0.5, 0.6) is 0 Å². The molecule has 84 valence electrons. The van der Waals surface area contributed by atoms with Gasteiger partial charge in [-0.25, -0.2) is 4.39 Å². The summed E-state index contributed by atoms with van der Waals surface area (Å²) < 4.78 is 13.1. The molecule has 0 radical (unpaired) electrons. The lowest BCUT2D eigenvalue weighted by Gasteiger charge is -2.14. The van der Waals surface area contributed by atoms with Crippen molar-refractivity contribution < 1.29 is 4.39 Å². The van der Waals surface area contributed by atoms with Gasteiger partial charge in [-0.2, -0.15) is 0 Å². The van der Waals surface area contributed by atoms with Gasteiger partial charge in [0.25, 0.3) is 0 Å². The standard InChI is InChI=1S/C13H20FN/c1-4-11(9-15-3)8-12-5-6-13(14)10(2)7-12/h5-7,11,15H,4,8-9H2,1-3H3. The lowest BCUT2D eigenvalue weighted by molar-refractivity contribution is 0.480. The van der Waals surface area contributed by atoms with Crippen LogP contribution in [0.3, 0.4) is 0 Å². The van der Waals surface area contributed by atoms with E-state index in [1.54, 1.807) is 6.07 Å². The first kappa shape index (κ1) is 12.2. The van der Waals surface area contributed by atoms with E-state index in [0.29, 0.717) is 5.92 Å². The summed E-state index contributed by atoms with van der Waals surface area (Å²) in [6.45, 7) is 5.03. The third kappa shape index (κ3) is 3.63. The molecule has 15 heavy (non-hydrogen) atoms. The summed E-state index contributed by atoms with van der Waals surface area (Å²) in [5, 5.41) is 3.19. The zero-order valence-electron chi connectivity index (χ0n) is 9.81. The maximum absolute atomic E-state index is 13.1. The van der Waals surface area contributed by atoms with Crippen LogP contribution < -0.4 is 5.32 Å². The second kappa shape index (κ2) is 5.86. The minimum Gasteiger partial charge on any atom is -0.319 e. The van der Waals surface area contributed by atoms with Crippen molar-refractivity contribution in [2.24, 2.45) is 5.92 Å². The van der Waals surface area contributed by atoms with E-state index in [-0.39, 0.29) is 5.82 Å². The Kier molecular flexibility index (Phi) is 4.76. The van der Waals surface area contributed by atoms with Gasteiger partial charge in [0.15, 0.2) is 0 Å². The van der Waals surface area contributed by atoms with Crippen molar-refractivity contribution >= 4 is 0 Å². The van der Waals surface area contributed by atoms with Crippen LogP contribution in [0.2, 0.25) is 0 Å². The number of hydrogen-bond acceptors (Lipinski definition) is 1. The number of nitrogens with one attached hydrogen (secondary N) is 1. The Labute approximate surface area is 91.7 Å². The third-order valence-corrected chi connectivity index (χ3v) is 2.82. The number of aryl methyl sites for hydroxylation is 1. The fraction of sp³-hybridized carbons (Fsp3) is 0.538. The molecule has 1 aromatic carbocycles. The van der Waals surface area contributed by atoms with Gasteiger partial charge in [-0.3, -0.25) is 0 Å². The summed E-state index contributed by atoms with van der Waals surface area (Å²) in [7, 11) is 1.97. The van der Waals surface area contributed by atoms with E-state index in [4.69, 9.17) is 0 Å². The van der Waals surface area contributed by atoms with Gasteiger partial charge in [0.05, 0.1) is 0 Å². The van der Waals surface area contributed by atoms with E-state index in [1.807, 2.05) is 26.1 Å². The molecule has 1 aromatic rings. The predicted molar refractivity (Wildman–Crippen MR) is 62.5 cm³/mol. The van der Waals surface area contributed by atoms with Crippen molar-refractivity contribution in [3.05, 3.63) is 35.1 Å². The molecule has 0 aliphatic heterocycles. The van der Waals surface area contributed by atoms with Crippen LogP contribution in [-0.2, 0) is 6.42 Å². The molecular weight excluding hydrogens is 189 g/mol. The van der Waals surface area contributed by atoms with Gasteiger partial charge in [0.2, 0.25) is 0 Å². The fourth-order valence-corrected chi connectivity index (χ4v) is 1.82. The minimum atomic E-state index is -0.111. The fourth-order valence-electron chi connectivity index (χ4n) is 1.82. The Hall–Kier alpha value is -0.890. The normalized spacial score (nSPS) is 12.8. The molecule has 1 unspecified atom stereocenters. The molecule has 0 heterocycles. The average Bonchev–Trinajstić information content (AvgIpc) is 2.23. The summed E-state index contributed by atoms with van der Waals surface area (Å²) >= 11 is 0. The number of rotatable bonds is 5. The summed E-state index contributed by atoms with van der Waals surface area (Å²) in [5.74, 6) is 0.528. The highest BCUT2D eigenvalue weighted by Crippen LogP contribution is 2.15. The Morgan fingerprint density at radius 1 is 1.40 bits per heavy atom. The summed E-state index contributed by atoms with van der Waals surface area (Å²) in [4.78, 5) is 0. The Balaban J connectivity index is 2.66. The zero-order chi connectivity index (χ0) is 11.3. The molecule has 0 spiro atoms. The zero-order valence-corrected chi connectivity index (χ0v) is 9.81. The highest BCUT2D eigenvalue weighted by molar-refractivity contribution is 5.24. The average molecular weight is 209 g/mol. The van der Waals surface area contributed by atoms with Crippen molar-refractivity contribution in [2.45, 2.75) is 26.7 Å². The van der Waals surface area contributed by atoms with Crippen LogP contribution in [-0.4, -0.2) is 13.6 Å².